The van der Waals surface area contributed by atoms with Crippen molar-refractivity contribution in [3.8, 4) is 11.1 Å². The first-order chi connectivity index (χ1) is 13.6. The van der Waals surface area contributed by atoms with Gasteiger partial charge in [0.05, 0.1) is 0 Å². The number of fused-ring (bicyclic) bond motifs is 3. The number of halogens is 1. The van der Waals surface area contributed by atoms with E-state index >= 15 is 0 Å². The largest absolute Gasteiger partial charge is 0.448 e. The van der Waals surface area contributed by atoms with Crippen LogP contribution >= 0.6 is 22.6 Å². The summed E-state index contributed by atoms with van der Waals surface area (Å²) in [4.78, 5) is 23.5. The molecule has 0 unspecified atom stereocenters. The number of ether oxygens (including phenoxy) is 1. The van der Waals surface area contributed by atoms with Crippen molar-refractivity contribution in [1.82, 2.24) is 0 Å². The minimum atomic E-state index is -0.524. The maximum absolute atomic E-state index is 12.4. The fourth-order valence-corrected chi connectivity index (χ4v) is 4.29. The number of amides is 1. The molecule has 0 aliphatic heterocycles. The van der Waals surface area contributed by atoms with Gasteiger partial charge in [0.1, 0.15) is 12.9 Å². The molecule has 1 aliphatic rings. The van der Waals surface area contributed by atoms with Crippen LogP contribution in [-0.4, -0.2) is 19.0 Å². The molecule has 3 aromatic rings. The van der Waals surface area contributed by atoms with Gasteiger partial charge < -0.3 is 4.74 Å². The van der Waals surface area contributed by atoms with Gasteiger partial charge in [-0.25, -0.2) is 4.79 Å². The summed E-state index contributed by atoms with van der Waals surface area (Å²) in [6.45, 7) is 2.15. The van der Waals surface area contributed by atoms with Crippen LogP contribution in [-0.2, 0) is 4.74 Å². The van der Waals surface area contributed by atoms with E-state index in [9.17, 15) is 9.59 Å². The van der Waals surface area contributed by atoms with Crippen LogP contribution in [0.3, 0.4) is 0 Å². The minimum Gasteiger partial charge on any atom is -0.448 e. The van der Waals surface area contributed by atoms with Gasteiger partial charge in [-0.1, -0.05) is 48.5 Å². The highest BCUT2D eigenvalue weighted by Gasteiger charge is 2.29. The first-order valence-corrected chi connectivity index (χ1v) is 10.0. The zero-order valence-corrected chi connectivity index (χ0v) is 17.4. The summed E-state index contributed by atoms with van der Waals surface area (Å²) in [7, 11) is 0. The average Bonchev–Trinajstić information content (AvgIpc) is 3.03. The van der Waals surface area contributed by atoms with Crippen LogP contribution in [0.5, 0.6) is 0 Å². The molecule has 0 spiro atoms. The molecule has 0 heterocycles. The van der Waals surface area contributed by atoms with E-state index in [4.69, 9.17) is 4.74 Å². The second-order valence-electron chi connectivity index (χ2n) is 6.74. The Hall–Kier alpha value is -2.67. The first-order valence-electron chi connectivity index (χ1n) is 8.96. The fourth-order valence-electron chi connectivity index (χ4n) is 3.64. The van der Waals surface area contributed by atoms with E-state index in [2.05, 4.69) is 52.2 Å². The normalized spacial score (nSPS) is 12.2. The van der Waals surface area contributed by atoms with E-state index in [-0.39, 0.29) is 12.5 Å². The lowest BCUT2D eigenvalue weighted by atomic mass is 9.98. The lowest BCUT2D eigenvalue weighted by Gasteiger charge is -2.15. The SMILES string of the molecule is Cc1c(I)cc(C=O)cc1NC(=O)OCC1c2ccccc2-c2ccccc21. The van der Waals surface area contributed by atoms with Gasteiger partial charge in [0.2, 0.25) is 0 Å². The molecular weight excluding hydrogens is 465 g/mol. The molecule has 140 valence electrons. The molecule has 28 heavy (non-hydrogen) atoms. The summed E-state index contributed by atoms with van der Waals surface area (Å²) < 4.78 is 6.48. The second-order valence-corrected chi connectivity index (χ2v) is 7.91. The van der Waals surface area contributed by atoms with Gasteiger partial charge in [0.25, 0.3) is 0 Å². The van der Waals surface area contributed by atoms with E-state index in [1.54, 1.807) is 12.1 Å². The number of nitrogens with one attached hydrogen (secondary N) is 1. The van der Waals surface area contributed by atoms with E-state index in [0.717, 1.165) is 15.4 Å². The standard InChI is InChI=1S/C23H18INO3/c1-14-21(24)10-15(12-26)11-22(14)25-23(27)28-13-20-18-8-4-2-6-16(18)17-7-3-5-9-19(17)20/h2-12,20H,13H2,1H3,(H,25,27). The predicted molar refractivity (Wildman–Crippen MR) is 118 cm³/mol. The molecule has 1 aliphatic carbocycles. The molecule has 1 N–H and O–H groups in total. The monoisotopic (exact) mass is 483 g/mol. The summed E-state index contributed by atoms with van der Waals surface area (Å²) in [6.07, 6.45) is 0.244. The van der Waals surface area contributed by atoms with Crippen molar-refractivity contribution in [2.75, 3.05) is 11.9 Å². The van der Waals surface area contributed by atoms with Gasteiger partial charge in [-0.3, -0.25) is 10.1 Å². The lowest BCUT2D eigenvalue weighted by Crippen LogP contribution is -2.18. The first kappa shape index (κ1) is 18.7. The Morgan fingerprint density at radius 1 is 1.07 bits per heavy atom. The number of aldehydes is 1. The Morgan fingerprint density at radius 2 is 1.68 bits per heavy atom. The number of benzene rings is 3. The van der Waals surface area contributed by atoms with Crippen LogP contribution in [0.1, 0.15) is 33.0 Å². The Balaban J connectivity index is 1.52. The smallest absolute Gasteiger partial charge is 0.411 e. The molecule has 4 rings (SSSR count). The Bertz CT molecular complexity index is 1030. The third-order valence-corrected chi connectivity index (χ3v) is 6.20. The van der Waals surface area contributed by atoms with Crippen LogP contribution in [0.15, 0.2) is 60.7 Å². The van der Waals surface area contributed by atoms with Crippen molar-refractivity contribution < 1.29 is 14.3 Å². The molecule has 3 aromatic carbocycles. The molecule has 4 nitrogen and oxygen atoms in total. The van der Waals surface area contributed by atoms with Crippen molar-refractivity contribution in [3.05, 3.63) is 86.5 Å². The van der Waals surface area contributed by atoms with Gasteiger partial charge in [-0.15, -0.1) is 0 Å². The predicted octanol–water partition coefficient (Wildman–Crippen LogP) is 5.77. The van der Waals surface area contributed by atoms with Crippen LogP contribution in [0.25, 0.3) is 11.1 Å². The molecular formula is C23H18INO3. The van der Waals surface area contributed by atoms with E-state index in [1.807, 2.05) is 31.2 Å². The van der Waals surface area contributed by atoms with E-state index in [0.29, 0.717) is 11.3 Å². The number of carbonyl (C=O) groups is 2. The zero-order chi connectivity index (χ0) is 19.7. The summed E-state index contributed by atoms with van der Waals surface area (Å²) >= 11 is 2.15. The highest BCUT2D eigenvalue weighted by Crippen LogP contribution is 2.44. The van der Waals surface area contributed by atoms with Crippen molar-refractivity contribution >= 4 is 40.7 Å². The highest BCUT2D eigenvalue weighted by molar-refractivity contribution is 14.1. The van der Waals surface area contributed by atoms with Crippen molar-refractivity contribution in [3.63, 3.8) is 0 Å². The average molecular weight is 483 g/mol. The molecule has 0 radical (unpaired) electrons. The fraction of sp³-hybridized carbons (Fsp3) is 0.130. The summed E-state index contributed by atoms with van der Waals surface area (Å²) in [5.74, 6) is 0.0145. The molecule has 0 fully saturated rings. The summed E-state index contributed by atoms with van der Waals surface area (Å²) in [5, 5.41) is 2.77. The summed E-state index contributed by atoms with van der Waals surface area (Å²) in [6, 6.07) is 19.9. The van der Waals surface area contributed by atoms with Gasteiger partial charge >= 0.3 is 6.09 Å². The van der Waals surface area contributed by atoms with Crippen molar-refractivity contribution in [1.29, 1.82) is 0 Å². The molecule has 1 amide bonds. The van der Waals surface area contributed by atoms with E-state index < -0.39 is 6.09 Å². The minimum absolute atomic E-state index is 0.0145. The second kappa shape index (κ2) is 7.75. The Labute approximate surface area is 177 Å². The molecule has 0 saturated carbocycles. The maximum Gasteiger partial charge on any atom is 0.411 e. The van der Waals surface area contributed by atoms with E-state index in [1.165, 1.54) is 22.3 Å². The lowest BCUT2D eigenvalue weighted by molar-refractivity contribution is 0.112. The quantitative estimate of drug-likeness (QED) is 0.379. The zero-order valence-electron chi connectivity index (χ0n) is 15.2. The van der Waals surface area contributed by atoms with Crippen molar-refractivity contribution in [2.24, 2.45) is 0 Å². The Kier molecular flexibility index (Phi) is 5.17. The molecule has 0 aromatic heterocycles. The molecule has 0 atom stereocenters. The maximum atomic E-state index is 12.4. The number of anilines is 1. The topological polar surface area (TPSA) is 55.4 Å². The molecule has 0 bridgehead atoms. The van der Waals surface area contributed by atoms with Crippen LogP contribution in [0, 0.1) is 10.5 Å². The van der Waals surface area contributed by atoms with Gasteiger partial charge in [0.15, 0.2) is 0 Å². The number of carbonyl (C=O) groups excluding carboxylic acids is 2. The van der Waals surface area contributed by atoms with Gasteiger partial charge in [-0.05, 0) is 69.5 Å². The van der Waals surface area contributed by atoms with Gasteiger partial charge in [0, 0.05) is 20.7 Å². The Morgan fingerprint density at radius 3 is 2.29 bits per heavy atom. The van der Waals surface area contributed by atoms with Crippen molar-refractivity contribution in [2.45, 2.75) is 12.8 Å². The number of hydrogen-bond acceptors (Lipinski definition) is 3. The van der Waals surface area contributed by atoms with Gasteiger partial charge in [-0.2, -0.15) is 0 Å². The molecule has 0 saturated heterocycles. The molecule has 5 heteroatoms. The summed E-state index contributed by atoms with van der Waals surface area (Å²) in [5.41, 5.74) is 6.73. The third kappa shape index (κ3) is 3.42. The number of rotatable bonds is 4. The number of hydrogen-bond donors (Lipinski definition) is 1. The highest BCUT2D eigenvalue weighted by atomic mass is 127. The van der Waals surface area contributed by atoms with Crippen LogP contribution in [0.2, 0.25) is 0 Å². The van der Waals surface area contributed by atoms with Crippen LogP contribution < -0.4 is 5.32 Å². The third-order valence-electron chi connectivity index (χ3n) is 5.08. The van der Waals surface area contributed by atoms with Crippen LogP contribution in [0.4, 0.5) is 10.5 Å².